The molecule has 2 heteroatoms. The lowest BCUT2D eigenvalue weighted by atomic mass is 9.92. The molecule has 2 nitrogen and oxygen atoms in total. The number of hydrogen-bond acceptors (Lipinski definition) is 2. The summed E-state index contributed by atoms with van der Waals surface area (Å²) in [6.07, 6.45) is 3.73. The Kier molecular flexibility index (Phi) is 6.37. The van der Waals surface area contributed by atoms with Gasteiger partial charge in [0.15, 0.2) is 0 Å². The Morgan fingerprint density at radius 2 is 1.67 bits per heavy atom. The molecule has 0 saturated carbocycles. The van der Waals surface area contributed by atoms with Crippen molar-refractivity contribution in [3.05, 3.63) is 35.4 Å². The Hall–Kier alpha value is -0.860. The van der Waals surface area contributed by atoms with Gasteiger partial charge in [0.25, 0.3) is 0 Å². The summed E-state index contributed by atoms with van der Waals surface area (Å²) in [4.78, 5) is 0. The van der Waals surface area contributed by atoms with Gasteiger partial charge in [-0.3, -0.25) is 0 Å². The van der Waals surface area contributed by atoms with Crippen LogP contribution in [0.4, 0.5) is 0 Å². The highest BCUT2D eigenvalue weighted by Crippen LogP contribution is 2.17. The van der Waals surface area contributed by atoms with E-state index in [9.17, 15) is 5.11 Å². The van der Waals surface area contributed by atoms with E-state index in [4.69, 9.17) is 0 Å². The van der Waals surface area contributed by atoms with E-state index in [1.807, 2.05) is 6.92 Å². The normalized spacial score (nSPS) is 14.4. The van der Waals surface area contributed by atoms with Gasteiger partial charge >= 0.3 is 0 Å². The molecule has 1 aromatic carbocycles. The van der Waals surface area contributed by atoms with Gasteiger partial charge in [0.2, 0.25) is 0 Å². The van der Waals surface area contributed by atoms with Crippen LogP contribution in [-0.2, 0) is 12.8 Å². The predicted molar refractivity (Wildman–Crippen MR) is 77.9 cm³/mol. The van der Waals surface area contributed by atoms with Crippen LogP contribution in [0.3, 0.4) is 0 Å². The topological polar surface area (TPSA) is 32.3 Å². The van der Waals surface area contributed by atoms with Crippen molar-refractivity contribution in [2.45, 2.75) is 52.1 Å². The van der Waals surface area contributed by atoms with Crippen molar-refractivity contribution >= 4 is 0 Å². The summed E-state index contributed by atoms with van der Waals surface area (Å²) < 4.78 is 0. The van der Waals surface area contributed by atoms with Crippen LogP contribution in [0.1, 0.15) is 44.7 Å². The van der Waals surface area contributed by atoms with Crippen molar-refractivity contribution in [1.29, 1.82) is 0 Å². The summed E-state index contributed by atoms with van der Waals surface area (Å²) in [7, 11) is 0. The fourth-order valence-electron chi connectivity index (χ4n) is 2.08. The number of hydrogen-bond donors (Lipinski definition) is 2. The average Bonchev–Trinajstić information content (AvgIpc) is 2.35. The fourth-order valence-corrected chi connectivity index (χ4v) is 2.08. The van der Waals surface area contributed by atoms with Gasteiger partial charge in [-0.05, 0) is 50.4 Å². The molecular formula is C16H27NO. The van der Waals surface area contributed by atoms with Crippen molar-refractivity contribution in [3.8, 4) is 0 Å². The number of nitrogens with one attached hydrogen (secondary N) is 1. The molecule has 1 rings (SSSR count). The zero-order chi connectivity index (χ0) is 13.4. The molecule has 2 N–H and O–H groups in total. The third-order valence-corrected chi connectivity index (χ3v) is 3.28. The molecule has 0 amide bonds. The van der Waals surface area contributed by atoms with Crippen LogP contribution in [0.25, 0.3) is 0 Å². The minimum Gasteiger partial charge on any atom is -0.390 e. The largest absolute Gasteiger partial charge is 0.390 e. The molecule has 0 aliphatic heterocycles. The monoisotopic (exact) mass is 249 g/mol. The van der Waals surface area contributed by atoms with Gasteiger partial charge in [-0.15, -0.1) is 0 Å². The Morgan fingerprint density at radius 3 is 2.22 bits per heavy atom. The minimum absolute atomic E-state index is 0.617. The molecule has 0 spiro atoms. The first-order valence-corrected chi connectivity index (χ1v) is 7.08. The Balaban J connectivity index is 2.42. The van der Waals surface area contributed by atoms with Gasteiger partial charge in [-0.25, -0.2) is 0 Å². The van der Waals surface area contributed by atoms with Gasteiger partial charge in [0.1, 0.15) is 0 Å². The molecule has 0 heterocycles. The maximum Gasteiger partial charge on any atom is 0.0672 e. The molecule has 0 aliphatic carbocycles. The molecule has 102 valence electrons. The Labute approximate surface area is 111 Å². The fraction of sp³-hybridized carbons (Fsp3) is 0.625. The van der Waals surface area contributed by atoms with Gasteiger partial charge in [0.05, 0.1) is 5.60 Å². The lowest BCUT2D eigenvalue weighted by Gasteiger charge is -2.23. The lowest BCUT2D eigenvalue weighted by Crippen LogP contribution is -2.32. The number of aryl methyl sites for hydroxylation is 1. The highest BCUT2D eigenvalue weighted by molar-refractivity contribution is 5.23. The van der Waals surface area contributed by atoms with Gasteiger partial charge in [-0.2, -0.15) is 0 Å². The summed E-state index contributed by atoms with van der Waals surface area (Å²) in [5.41, 5.74) is 1.95. The van der Waals surface area contributed by atoms with E-state index in [0.717, 1.165) is 38.8 Å². The van der Waals surface area contributed by atoms with Crippen molar-refractivity contribution in [2.24, 2.45) is 0 Å². The predicted octanol–water partition coefficient (Wildman–Crippen LogP) is 2.93. The van der Waals surface area contributed by atoms with E-state index in [1.54, 1.807) is 0 Å². The summed E-state index contributed by atoms with van der Waals surface area (Å²) in [6, 6.07) is 8.57. The molecule has 0 bridgehead atoms. The van der Waals surface area contributed by atoms with Crippen LogP contribution in [0, 0.1) is 0 Å². The average molecular weight is 249 g/mol. The van der Waals surface area contributed by atoms with Crippen molar-refractivity contribution in [2.75, 3.05) is 13.1 Å². The SMILES string of the molecule is CCCNCCC(C)(O)Cc1ccc(CC)cc1. The third-order valence-electron chi connectivity index (χ3n) is 3.28. The highest BCUT2D eigenvalue weighted by Gasteiger charge is 2.20. The van der Waals surface area contributed by atoms with E-state index >= 15 is 0 Å². The molecule has 1 atom stereocenters. The minimum atomic E-state index is -0.617. The van der Waals surface area contributed by atoms with Crippen LogP contribution >= 0.6 is 0 Å². The van der Waals surface area contributed by atoms with Crippen molar-refractivity contribution in [1.82, 2.24) is 5.32 Å². The van der Waals surface area contributed by atoms with E-state index in [-0.39, 0.29) is 0 Å². The Bertz CT molecular complexity index is 329. The van der Waals surface area contributed by atoms with Crippen molar-refractivity contribution < 1.29 is 5.11 Å². The second-order valence-electron chi connectivity index (χ2n) is 5.34. The molecule has 0 fully saturated rings. The van der Waals surface area contributed by atoms with Gasteiger partial charge in [0, 0.05) is 6.42 Å². The smallest absolute Gasteiger partial charge is 0.0672 e. The standard InChI is InChI=1S/C16H27NO/c1-4-11-17-12-10-16(3,18)13-15-8-6-14(5-2)7-9-15/h6-9,17-18H,4-5,10-13H2,1-3H3. The second-order valence-corrected chi connectivity index (χ2v) is 5.34. The lowest BCUT2D eigenvalue weighted by molar-refractivity contribution is 0.0516. The number of rotatable bonds is 8. The van der Waals surface area contributed by atoms with Gasteiger partial charge in [-0.1, -0.05) is 38.1 Å². The van der Waals surface area contributed by atoms with Crippen LogP contribution in [0.15, 0.2) is 24.3 Å². The summed E-state index contributed by atoms with van der Waals surface area (Å²) in [5.74, 6) is 0. The van der Waals surface area contributed by atoms with Gasteiger partial charge < -0.3 is 10.4 Å². The molecule has 0 aromatic heterocycles. The first-order valence-electron chi connectivity index (χ1n) is 7.08. The quantitative estimate of drug-likeness (QED) is 0.694. The second kappa shape index (κ2) is 7.55. The first kappa shape index (κ1) is 15.2. The zero-order valence-electron chi connectivity index (χ0n) is 12.0. The number of benzene rings is 1. The summed E-state index contributed by atoms with van der Waals surface area (Å²) >= 11 is 0. The van der Waals surface area contributed by atoms with E-state index in [1.165, 1.54) is 11.1 Å². The van der Waals surface area contributed by atoms with Crippen LogP contribution in [0.2, 0.25) is 0 Å². The van der Waals surface area contributed by atoms with Crippen molar-refractivity contribution in [3.63, 3.8) is 0 Å². The first-order chi connectivity index (χ1) is 8.57. The molecule has 0 saturated heterocycles. The molecule has 1 unspecified atom stereocenters. The maximum absolute atomic E-state index is 10.4. The van der Waals surface area contributed by atoms with E-state index in [2.05, 4.69) is 43.4 Å². The van der Waals surface area contributed by atoms with Crippen LogP contribution in [-0.4, -0.2) is 23.8 Å². The van der Waals surface area contributed by atoms with Crippen LogP contribution in [0.5, 0.6) is 0 Å². The van der Waals surface area contributed by atoms with E-state index in [0.29, 0.717) is 0 Å². The highest BCUT2D eigenvalue weighted by atomic mass is 16.3. The maximum atomic E-state index is 10.4. The molecule has 0 aliphatic rings. The Morgan fingerprint density at radius 1 is 1.06 bits per heavy atom. The van der Waals surface area contributed by atoms with Crippen LogP contribution < -0.4 is 5.32 Å². The summed E-state index contributed by atoms with van der Waals surface area (Å²) in [5, 5.41) is 13.7. The molecule has 1 aromatic rings. The number of aliphatic hydroxyl groups is 1. The molecular weight excluding hydrogens is 222 g/mol. The molecule has 0 radical (unpaired) electrons. The zero-order valence-corrected chi connectivity index (χ0v) is 12.0. The third kappa shape index (κ3) is 5.65. The van der Waals surface area contributed by atoms with E-state index < -0.39 is 5.60 Å². The molecule has 18 heavy (non-hydrogen) atoms. The summed E-state index contributed by atoms with van der Waals surface area (Å²) in [6.45, 7) is 8.15.